The zero-order valence-electron chi connectivity index (χ0n) is 11.1. The lowest BCUT2D eigenvalue weighted by atomic mass is 10.2. The largest absolute Gasteiger partial charge is 0.478 e. The van der Waals surface area contributed by atoms with E-state index in [1.807, 2.05) is 0 Å². The molecule has 0 spiro atoms. The topological polar surface area (TPSA) is 91.6 Å². The molecule has 0 bridgehead atoms. The van der Waals surface area contributed by atoms with E-state index in [0.29, 0.717) is 11.5 Å². The Labute approximate surface area is 119 Å². The summed E-state index contributed by atoms with van der Waals surface area (Å²) in [5.41, 5.74) is -0.309. The van der Waals surface area contributed by atoms with Gasteiger partial charge in [0, 0.05) is 0 Å². The van der Waals surface area contributed by atoms with Gasteiger partial charge in [0.2, 0.25) is 0 Å². The molecule has 0 aliphatic carbocycles. The van der Waals surface area contributed by atoms with Crippen LogP contribution in [0.15, 0.2) is 34.7 Å². The molecule has 2 aromatic rings. The van der Waals surface area contributed by atoms with E-state index in [1.54, 1.807) is 19.1 Å². The highest BCUT2D eigenvalue weighted by atomic mass is 19.1. The fourth-order valence-electron chi connectivity index (χ4n) is 1.72. The van der Waals surface area contributed by atoms with Gasteiger partial charge in [0.1, 0.15) is 17.3 Å². The van der Waals surface area contributed by atoms with E-state index in [4.69, 9.17) is 9.52 Å². The van der Waals surface area contributed by atoms with Crippen LogP contribution in [0.4, 0.5) is 14.9 Å². The summed E-state index contributed by atoms with van der Waals surface area (Å²) in [4.78, 5) is 22.7. The SMILES string of the molecule is Cc1ccc(CNC(=O)Nc2cc(F)ccc2C(=O)O)o1. The Morgan fingerprint density at radius 1 is 1.29 bits per heavy atom. The lowest BCUT2D eigenvalue weighted by Gasteiger charge is -2.09. The highest BCUT2D eigenvalue weighted by Gasteiger charge is 2.13. The second-order valence-electron chi connectivity index (χ2n) is 4.32. The predicted octanol–water partition coefficient (Wildman–Crippen LogP) is 2.75. The fourth-order valence-corrected chi connectivity index (χ4v) is 1.72. The second kappa shape index (κ2) is 6.08. The molecular weight excluding hydrogens is 279 g/mol. The van der Waals surface area contributed by atoms with Crippen LogP contribution in [0.5, 0.6) is 0 Å². The molecule has 2 rings (SSSR count). The first-order valence-corrected chi connectivity index (χ1v) is 6.08. The molecule has 1 aromatic heterocycles. The summed E-state index contributed by atoms with van der Waals surface area (Å²) in [7, 11) is 0. The van der Waals surface area contributed by atoms with E-state index in [1.165, 1.54) is 0 Å². The maximum Gasteiger partial charge on any atom is 0.337 e. The number of hydrogen-bond donors (Lipinski definition) is 3. The number of rotatable bonds is 4. The summed E-state index contributed by atoms with van der Waals surface area (Å²) in [6, 6.07) is 5.85. The first-order chi connectivity index (χ1) is 9.95. The number of carboxylic acids is 1. The van der Waals surface area contributed by atoms with Crippen molar-refractivity contribution < 1.29 is 23.5 Å². The molecule has 0 aliphatic heterocycles. The maximum absolute atomic E-state index is 13.1. The van der Waals surface area contributed by atoms with Crippen molar-refractivity contribution in [1.82, 2.24) is 5.32 Å². The van der Waals surface area contributed by atoms with Crippen LogP contribution < -0.4 is 10.6 Å². The van der Waals surface area contributed by atoms with Crippen molar-refractivity contribution in [2.75, 3.05) is 5.32 Å². The van der Waals surface area contributed by atoms with Gasteiger partial charge in [0.05, 0.1) is 17.8 Å². The van der Waals surface area contributed by atoms with E-state index in [9.17, 15) is 14.0 Å². The molecule has 1 heterocycles. The highest BCUT2D eigenvalue weighted by molar-refractivity contribution is 5.99. The fraction of sp³-hybridized carbons (Fsp3) is 0.143. The number of aromatic carboxylic acids is 1. The minimum absolute atomic E-state index is 0.115. The third-order valence-corrected chi connectivity index (χ3v) is 2.68. The molecule has 0 aliphatic rings. The minimum atomic E-state index is -1.26. The Balaban J connectivity index is 2.02. The van der Waals surface area contributed by atoms with Gasteiger partial charge in [-0.15, -0.1) is 0 Å². The molecule has 3 N–H and O–H groups in total. The van der Waals surface area contributed by atoms with Gasteiger partial charge in [-0.1, -0.05) is 0 Å². The van der Waals surface area contributed by atoms with Crippen molar-refractivity contribution in [3.63, 3.8) is 0 Å². The number of furan rings is 1. The molecule has 2 amide bonds. The summed E-state index contributed by atoms with van der Waals surface area (Å²) < 4.78 is 18.4. The maximum atomic E-state index is 13.1. The van der Waals surface area contributed by atoms with Crippen LogP contribution in [0.25, 0.3) is 0 Å². The van der Waals surface area contributed by atoms with Crippen LogP contribution in [0, 0.1) is 12.7 Å². The first-order valence-electron chi connectivity index (χ1n) is 6.08. The number of anilines is 1. The van der Waals surface area contributed by atoms with Gasteiger partial charge in [-0.2, -0.15) is 0 Å². The van der Waals surface area contributed by atoms with Gasteiger partial charge in [-0.25, -0.2) is 14.0 Å². The molecule has 110 valence electrons. The van der Waals surface area contributed by atoms with Crippen molar-refractivity contribution in [2.45, 2.75) is 13.5 Å². The standard InChI is InChI=1S/C14H13FN2O4/c1-8-2-4-10(21-8)7-16-14(20)17-12-6-9(15)3-5-11(12)13(18)19/h2-6H,7H2,1H3,(H,18,19)(H2,16,17,20). The zero-order valence-corrected chi connectivity index (χ0v) is 11.1. The van der Waals surface area contributed by atoms with E-state index < -0.39 is 17.8 Å². The van der Waals surface area contributed by atoms with Gasteiger partial charge in [0.15, 0.2) is 0 Å². The zero-order chi connectivity index (χ0) is 15.4. The van der Waals surface area contributed by atoms with E-state index >= 15 is 0 Å². The average molecular weight is 292 g/mol. The summed E-state index contributed by atoms with van der Waals surface area (Å²) >= 11 is 0. The quantitative estimate of drug-likeness (QED) is 0.808. The first kappa shape index (κ1) is 14.6. The number of benzene rings is 1. The molecular formula is C14H13FN2O4. The Bertz CT molecular complexity index is 681. The van der Waals surface area contributed by atoms with Gasteiger partial charge in [-0.3, -0.25) is 0 Å². The van der Waals surface area contributed by atoms with Gasteiger partial charge in [0.25, 0.3) is 0 Å². The third kappa shape index (κ3) is 3.82. The van der Waals surface area contributed by atoms with Gasteiger partial charge >= 0.3 is 12.0 Å². The Kier molecular flexibility index (Phi) is 4.22. The summed E-state index contributed by atoms with van der Waals surface area (Å²) in [5, 5.41) is 13.8. The van der Waals surface area contributed by atoms with Crippen LogP contribution >= 0.6 is 0 Å². The Hall–Kier alpha value is -2.83. The van der Waals surface area contributed by atoms with E-state index in [0.717, 1.165) is 18.2 Å². The van der Waals surface area contributed by atoms with Crippen LogP contribution in [-0.2, 0) is 6.54 Å². The number of nitrogens with one attached hydrogen (secondary N) is 2. The van der Waals surface area contributed by atoms with Crippen LogP contribution in [0.1, 0.15) is 21.9 Å². The lowest BCUT2D eigenvalue weighted by molar-refractivity contribution is 0.0698. The molecule has 6 nitrogen and oxygen atoms in total. The minimum Gasteiger partial charge on any atom is -0.478 e. The average Bonchev–Trinajstić information content (AvgIpc) is 2.82. The monoisotopic (exact) mass is 292 g/mol. The number of hydrogen-bond acceptors (Lipinski definition) is 3. The van der Waals surface area contributed by atoms with Crippen LogP contribution in [0.2, 0.25) is 0 Å². The highest BCUT2D eigenvalue weighted by Crippen LogP contribution is 2.17. The van der Waals surface area contributed by atoms with Crippen molar-refractivity contribution >= 4 is 17.7 Å². The molecule has 0 saturated heterocycles. The number of urea groups is 1. The molecule has 0 radical (unpaired) electrons. The van der Waals surface area contributed by atoms with E-state index in [2.05, 4.69) is 10.6 Å². The molecule has 7 heteroatoms. The van der Waals surface area contributed by atoms with Crippen molar-refractivity contribution in [3.05, 3.63) is 53.2 Å². The van der Waals surface area contributed by atoms with Gasteiger partial charge in [-0.05, 0) is 37.3 Å². The summed E-state index contributed by atoms with van der Waals surface area (Å²) in [6.07, 6.45) is 0. The Morgan fingerprint density at radius 3 is 2.67 bits per heavy atom. The van der Waals surface area contributed by atoms with Crippen molar-refractivity contribution in [3.8, 4) is 0 Å². The number of aryl methyl sites for hydroxylation is 1. The van der Waals surface area contributed by atoms with Crippen molar-refractivity contribution in [1.29, 1.82) is 0 Å². The number of carboxylic acid groups (broad SMARTS) is 1. The number of carbonyl (C=O) groups is 2. The number of halogens is 1. The summed E-state index contributed by atoms with van der Waals surface area (Å²) in [5.74, 6) is -0.630. The normalized spacial score (nSPS) is 10.2. The summed E-state index contributed by atoms with van der Waals surface area (Å²) in [6.45, 7) is 1.91. The molecule has 1 aromatic carbocycles. The van der Waals surface area contributed by atoms with Crippen LogP contribution in [0.3, 0.4) is 0 Å². The molecule has 21 heavy (non-hydrogen) atoms. The van der Waals surface area contributed by atoms with Crippen LogP contribution in [-0.4, -0.2) is 17.1 Å². The number of carbonyl (C=O) groups excluding carboxylic acids is 1. The van der Waals surface area contributed by atoms with Crippen molar-refractivity contribution in [2.24, 2.45) is 0 Å². The molecule has 0 saturated carbocycles. The van der Waals surface area contributed by atoms with E-state index in [-0.39, 0.29) is 17.8 Å². The number of amides is 2. The smallest absolute Gasteiger partial charge is 0.337 e. The Morgan fingerprint density at radius 2 is 2.05 bits per heavy atom. The molecule has 0 fully saturated rings. The van der Waals surface area contributed by atoms with Gasteiger partial charge < -0.3 is 20.2 Å². The molecule has 0 atom stereocenters. The molecule has 0 unspecified atom stereocenters. The third-order valence-electron chi connectivity index (χ3n) is 2.68. The predicted molar refractivity (Wildman–Crippen MR) is 72.7 cm³/mol. The second-order valence-corrected chi connectivity index (χ2v) is 4.32. The lowest BCUT2D eigenvalue weighted by Crippen LogP contribution is -2.28.